The molecule has 166 valence electrons. The Morgan fingerprint density at radius 2 is 2.06 bits per heavy atom. The van der Waals surface area contributed by atoms with Crippen LogP contribution in [0.15, 0.2) is 37.3 Å². The third kappa shape index (κ3) is 3.44. The van der Waals surface area contributed by atoms with E-state index >= 15 is 0 Å². The lowest BCUT2D eigenvalue weighted by atomic mass is 9.72. The first kappa shape index (κ1) is 20.6. The van der Waals surface area contributed by atoms with Crippen molar-refractivity contribution >= 4 is 22.6 Å². The maximum absolute atomic E-state index is 11.9. The smallest absolute Gasteiger partial charge is 0.246 e. The number of H-pyrrole nitrogens is 1. The number of hydrogen-bond acceptors (Lipinski definition) is 6. The number of amides is 1. The fourth-order valence-corrected chi connectivity index (χ4v) is 5.31. The second-order valence-electron chi connectivity index (χ2n) is 8.72. The van der Waals surface area contributed by atoms with Gasteiger partial charge in [0.05, 0.1) is 11.7 Å². The Bertz CT molecular complexity index is 1160. The molecule has 0 saturated carbocycles. The number of fused-ring (bicyclic) bond motifs is 2. The van der Waals surface area contributed by atoms with Gasteiger partial charge in [0.15, 0.2) is 0 Å². The quantitative estimate of drug-likeness (QED) is 0.612. The number of aromatic amines is 1. The molecule has 1 amide bonds. The topological polar surface area (TPSA) is 98.2 Å². The van der Waals surface area contributed by atoms with Crippen LogP contribution in [0.4, 0.5) is 5.82 Å². The number of piperazine rings is 1. The third-order valence-corrected chi connectivity index (χ3v) is 7.02. The van der Waals surface area contributed by atoms with E-state index in [-0.39, 0.29) is 24.3 Å². The summed E-state index contributed by atoms with van der Waals surface area (Å²) in [6.07, 6.45) is 6.40. The summed E-state index contributed by atoms with van der Waals surface area (Å²) in [6, 6.07) is 4.18. The Kier molecular flexibility index (Phi) is 5.38. The Balaban J connectivity index is 1.47. The van der Waals surface area contributed by atoms with Crippen molar-refractivity contribution < 1.29 is 9.90 Å². The van der Waals surface area contributed by atoms with Crippen LogP contribution in [0.1, 0.15) is 28.3 Å². The maximum atomic E-state index is 11.9. The Morgan fingerprint density at radius 1 is 1.25 bits per heavy atom. The summed E-state index contributed by atoms with van der Waals surface area (Å²) in [7, 11) is 0. The van der Waals surface area contributed by atoms with Gasteiger partial charge in [-0.25, -0.2) is 9.97 Å². The van der Waals surface area contributed by atoms with Crippen molar-refractivity contribution in [3.8, 4) is 0 Å². The zero-order chi connectivity index (χ0) is 22.2. The van der Waals surface area contributed by atoms with E-state index < -0.39 is 0 Å². The van der Waals surface area contributed by atoms with Crippen LogP contribution >= 0.6 is 0 Å². The van der Waals surface area contributed by atoms with Crippen molar-refractivity contribution in [1.82, 2.24) is 25.1 Å². The molecule has 3 heterocycles. The second-order valence-corrected chi connectivity index (χ2v) is 8.72. The molecular weight excluding hydrogens is 404 g/mol. The second kappa shape index (κ2) is 8.35. The van der Waals surface area contributed by atoms with Crippen LogP contribution in [0, 0.1) is 12.8 Å². The Labute approximate surface area is 187 Å². The number of carbonyl (C=O) groups is 1. The minimum absolute atomic E-state index is 0.0265. The molecule has 2 aromatic heterocycles. The van der Waals surface area contributed by atoms with Crippen molar-refractivity contribution in [2.45, 2.75) is 25.7 Å². The zero-order valence-corrected chi connectivity index (χ0v) is 18.3. The van der Waals surface area contributed by atoms with Crippen molar-refractivity contribution in [2.24, 2.45) is 5.92 Å². The highest BCUT2D eigenvalue weighted by Gasteiger charge is 2.35. The van der Waals surface area contributed by atoms with Gasteiger partial charge in [-0.2, -0.15) is 5.10 Å². The van der Waals surface area contributed by atoms with Crippen molar-refractivity contribution in [3.05, 3.63) is 59.7 Å². The van der Waals surface area contributed by atoms with Crippen LogP contribution in [0.5, 0.6) is 0 Å². The third-order valence-electron chi connectivity index (χ3n) is 7.02. The molecule has 2 N–H and O–H groups in total. The molecule has 8 heteroatoms. The van der Waals surface area contributed by atoms with E-state index in [1.807, 2.05) is 11.1 Å². The van der Waals surface area contributed by atoms with Crippen LogP contribution in [-0.4, -0.2) is 68.9 Å². The molecule has 5 rings (SSSR count). The Morgan fingerprint density at radius 3 is 2.81 bits per heavy atom. The number of anilines is 1. The molecule has 2 aliphatic rings. The Hall–Kier alpha value is -3.26. The number of carbonyl (C=O) groups excluding carboxylic acids is 1. The fourth-order valence-electron chi connectivity index (χ4n) is 5.31. The largest absolute Gasteiger partial charge is 0.396 e. The minimum atomic E-state index is -0.0265. The average Bonchev–Trinajstić information content (AvgIpc) is 3.31. The summed E-state index contributed by atoms with van der Waals surface area (Å²) in [5.41, 5.74) is 5.65. The molecule has 0 radical (unpaired) electrons. The fraction of sp³-hybridized carbons (Fsp3) is 0.417. The summed E-state index contributed by atoms with van der Waals surface area (Å²) >= 11 is 0. The predicted octanol–water partition coefficient (Wildman–Crippen LogP) is 1.99. The molecule has 1 unspecified atom stereocenters. The molecule has 1 fully saturated rings. The molecule has 1 aliphatic heterocycles. The summed E-state index contributed by atoms with van der Waals surface area (Å²) in [5.74, 6) is 1.16. The number of benzene rings is 1. The van der Waals surface area contributed by atoms with Gasteiger partial charge in [-0.1, -0.05) is 12.6 Å². The van der Waals surface area contributed by atoms with Crippen LogP contribution in [-0.2, 0) is 17.6 Å². The first-order chi connectivity index (χ1) is 15.6. The van der Waals surface area contributed by atoms with Gasteiger partial charge in [0, 0.05) is 49.4 Å². The van der Waals surface area contributed by atoms with Gasteiger partial charge in [-0.15, -0.1) is 0 Å². The summed E-state index contributed by atoms with van der Waals surface area (Å²) in [6.45, 7) is 8.57. The molecule has 1 aliphatic carbocycles. The average molecular weight is 433 g/mol. The number of rotatable bonds is 4. The van der Waals surface area contributed by atoms with E-state index in [1.54, 1.807) is 6.33 Å². The number of hydrogen-bond donors (Lipinski definition) is 2. The van der Waals surface area contributed by atoms with Crippen molar-refractivity contribution in [3.63, 3.8) is 0 Å². The van der Waals surface area contributed by atoms with Gasteiger partial charge in [-0.05, 0) is 54.9 Å². The van der Waals surface area contributed by atoms with Crippen molar-refractivity contribution in [1.29, 1.82) is 0 Å². The number of aromatic nitrogens is 4. The normalized spacial score (nSPS) is 20.9. The van der Waals surface area contributed by atoms with E-state index in [0.29, 0.717) is 13.1 Å². The lowest BCUT2D eigenvalue weighted by molar-refractivity contribution is -0.126. The molecule has 8 nitrogen and oxygen atoms in total. The lowest BCUT2D eigenvalue weighted by Crippen LogP contribution is -2.49. The van der Waals surface area contributed by atoms with E-state index in [2.05, 4.69) is 50.7 Å². The monoisotopic (exact) mass is 432 g/mol. The SMILES string of the molecule is C=CC(=O)N1CCN(c2ncnc3c2CC(CO)[C@H](c2c(C)ccc4[nH]ncc24)C3)CC1. The van der Waals surface area contributed by atoms with Crippen molar-refractivity contribution in [2.75, 3.05) is 37.7 Å². The standard InChI is InChI=1S/C24H28N6O2/c1-3-22(32)29-6-8-30(9-7-29)24-18-10-16(13-31)17(11-21(18)25-14-26-24)23-15(2)4-5-20-19(23)12-27-28-20/h3-5,12,14,16-17,31H,1,6-11,13H2,2H3,(H,27,28)/t16?,17-/m1/s1. The highest BCUT2D eigenvalue weighted by molar-refractivity contribution is 5.87. The van der Waals surface area contributed by atoms with Gasteiger partial charge >= 0.3 is 0 Å². The number of nitrogens with zero attached hydrogens (tertiary/aromatic N) is 5. The van der Waals surface area contributed by atoms with Crippen LogP contribution in [0.2, 0.25) is 0 Å². The molecule has 1 aromatic carbocycles. The first-order valence-electron chi connectivity index (χ1n) is 11.1. The maximum Gasteiger partial charge on any atom is 0.246 e. The zero-order valence-electron chi connectivity index (χ0n) is 18.3. The molecular formula is C24H28N6O2. The van der Waals surface area contributed by atoms with Gasteiger partial charge in [0.25, 0.3) is 0 Å². The lowest BCUT2D eigenvalue weighted by Gasteiger charge is -2.38. The molecule has 2 atom stereocenters. The van der Waals surface area contributed by atoms with Gasteiger partial charge in [0.1, 0.15) is 12.1 Å². The summed E-state index contributed by atoms with van der Waals surface area (Å²) in [4.78, 5) is 25.3. The molecule has 0 bridgehead atoms. The first-order valence-corrected chi connectivity index (χ1v) is 11.1. The molecule has 32 heavy (non-hydrogen) atoms. The van der Waals surface area contributed by atoms with E-state index in [4.69, 9.17) is 0 Å². The highest BCUT2D eigenvalue weighted by Crippen LogP contribution is 2.42. The predicted molar refractivity (Wildman–Crippen MR) is 123 cm³/mol. The summed E-state index contributed by atoms with van der Waals surface area (Å²) < 4.78 is 0. The molecule has 1 saturated heterocycles. The number of aliphatic hydroxyl groups excluding tert-OH is 1. The van der Waals surface area contributed by atoms with Crippen LogP contribution in [0.25, 0.3) is 10.9 Å². The van der Waals surface area contributed by atoms with Gasteiger partial charge in [0.2, 0.25) is 5.91 Å². The summed E-state index contributed by atoms with van der Waals surface area (Å²) in [5, 5.41) is 18.8. The highest BCUT2D eigenvalue weighted by atomic mass is 16.3. The van der Waals surface area contributed by atoms with Crippen LogP contribution < -0.4 is 4.90 Å². The van der Waals surface area contributed by atoms with E-state index in [1.165, 1.54) is 17.2 Å². The van der Waals surface area contributed by atoms with Crippen LogP contribution in [0.3, 0.4) is 0 Å². The number of nitrogens with one attached hydrogen (secondary N) is 1. The number of aryl methyl sites for hydroxylation is 1. The van der Waals surface area contributed by atoms with E-state index in [9.17, 15) is 9.90 Å². The molecule has 0 spiro atoms. The van der Waals surface area contributed by atoms with Gasteiger partial charge < -0.3 is 14.9 Å². The minimum Gasteiger partial charge on any atom is -0.396 e. The number of aliphatic hydroxyl groups is 1. The van der Waals surface area contributed by atoms with E-state index in [0.717, 1.165) is 53.9 Å². The van der Waals surface area contributed by atoms with Gasteiger partial charge in [-0.3, -0.25) is 9.89 Å². The molecule has 3 aromatic rings.